The molecule has 2 rings (SSSR count). The molecule has 4 N–H and O–H groups in total. The lowest BCUT2D eigenvalue weighted by Crippen LogP contribution is -1.97. The van der Waals surface area contributed by atoms with E-state index >= 15 is 0 Å². The Bertz CT molecular complexity index is 579. The standard InChI is InChI=1S/C11H14N4S/c1-5(6(2)12)8-9-10(16-11(8)13)7(3)14-4-15-9/h4H,12-13H2,1-3H3/b6-5-. The van der Waals surface area contributed by atoms with Crippen molar-refractivity contribution in [2.45, 2.75) is 20.8 Å². The molecule has 0 saturated carbocycles. The van der Waals surface area contributed by atoms with Crippen LogP contribution in [0.3, 0.4) is 0 Å². The van der Waals surface area contributed by atoms with Crippen molar-refractivity contribution in [2.24, 2.45) is 5.73 Å². The van der Waals surface area contributed by atoms with Crippen molar-refractivity contribution in [1.29, 1.82) is 0 Å². The second-order valence-electron chi connectivity index (χ2n) is 3.79. The van der Waals surface area contributed by atoms with Crippen LogP contribution >= 0.6 is 11.3 Å². The highest BCUT2D eigenvalue weighted by atomic mass is 32.1. The fourth-order valence-electron chi connectivity index (χ4n) is 1.60. The van der Waals surface area contributed by atoms with Crippen LogP contribution in [0.1, 0.15) is 25.1 Å². The molecule has 0 radical (unpaired) electrons. The monoisotopic (exact) mass is 234 g/mol. The van der Waals surface area contributed by atoms with Crippen molar-refractivity contribution in [2.75, 3.05) is 5.73 Å². The minimum Gasteiger partial charge on any atom is -0.402 e. The van der Waals surface area contributed by atoms with E-state index in [1.165, 1.54) is 11.3 Å². The van der Waals surface area contributed by atoms with Gasteiger partial charge < -0.3 is 11.5 Å². The maximum Gasteiger partial charge on any atom is 0.116 e. The second kappa shape index (κ2) is 3.75. The Balaban J connectivity index is 2.85. The summed E-state index contributed by atoms with van der Waals surface area (Å²) in [4.78, 5) is 8.46. The summed E-state index contributed by atoms with van der Waals surface area (Å²) in [5, 5.41) is 0.751. The molecule has 0 unspecified atom stereocenters. The first kappa shape index (κ1) is 10.9. The van der Waals surface area contributed by atoms with E-state index in [1.807, 2.05) is 20.8 Å². The van der Waals surface area contributed by atoms with Crippen LogP contribution in [0.15, 0.2) is 12.0 Å². The molecule has 0 atom stereocenters. The third kappa shape index (κ3) is 1.53. The maximum absolute atomic E-state index is 6.02. The van der Waals surface area contributed by atoms with Gasteiger partial charge in [-0.1, -0.05) is 0 Å². The summed E-state index contributed by atoms with van der Waals surface area (Å²) in [5.41, 5.74) is 16.4. The molecule has 0 bridgehead atoms. The molecule has 84 valence electrons. The van der Waals surface area contributed by atoms with Gasteiger partial charge in [0.25, 0.3) is 0 Å². The predicted octanol–water partition coefficient (Wildman–Crippen LogP) is 2.29. The van der Waals surface area contributed by atoms with Gasteiger partial charge in [-0.3, -0.25) is 0 Å². The van der Waals surface area contributed by atoms with Gasteiger partial charge in [-0.15, -0.1) is 11.3 Å². The lowest BCUT2D eigenvalue weighted by atomic mass is 10.1. The number of fused-ring (bicyclic) bond motifs is 1. The first-order valence-corrected chi connectivity index (χ1v) is 5.77. The summed E-state index contributed by atoms with van der Waals surface area (Å²) in [6, 6.07) is 0. The highest BCUT2D eigenvalue weighted by Crippen LogP contribution is 2.37. The quantitative estimate of drug-likeness (QED) is 0.793. The van der Waals surface area contributed by atoms with E-state index in [1.54, 1.807) is 6.33 Å². The Kier molecular flexibility index (Phi) is 2.55. The average molecular weight is 234 g/mol. The molecule has 2 heterocycles. The van der Waals surface area contributed by atoms with Gasteiger partial charge in [0, 0.05) is 11.3 Å². The molecule has 0 aromatic carbocycles. The number of anilines is 1. The molecule has 0 aliphatic carbocycles. The number of hydrogen-bond acceptors (Lipinski definition) is 5. The van der Waals surface area contributed by atoms with Crippen molar-refractivity contribution in [3.05, 3.63) is 23.3 Å². The zero-order valence-electron chi connectivity index (χ0n) is 9.53. The fourth-order valence-corrected chi connectivity index (χ4v) is 2.62. The first-order chi connectivity index (χ1) is 7.52. The van der Waals surface area contributed by atoms with Gasteiger partial charge in [0.2, 0.25) is 0 Å². The summed E-state index contributed by atoms with van der Waals surface area (Å²) in [5.74, 6) is 0. The Hall–Kier alpha value is -1.62. The number of rotatable bonds is 1. The van der Waals surface area contributed by atoms with Gasteiger partial charge in [0.15, 0.2) is 0 Å². The Morgan fingerprint density at radius 3 is 2.62 bits per heavy atom. The number of nitrogens with zero attached hydrogens (tertiary/aromatic N) is 2. The molecule has 2 aromatic rings. The van der Waals surface area contributed by atoms with Crippen molar-refractivity contribution in [3.63, 3.8) is 0 Å². The smallest absolute Gasteiger partial charge is 0.116 e. The van der Waals surface area contributed by atoms with Gasteiger partial charge in [-0.05, 0) is 26.3 Å². The van der Waals surface area contributed by atoms with Crippen molar-refractivity contribution in [3.8, 4) is 0 Å². The molecule has 0 saturated heterocycles. The number of aromatic nitrogens is 2. The van der Waals surface area contributed by atoms with E-state index in [0.29, 0.717) is 0 Å². The third-order valence-corrected chi connectivity index (χ3v) is 3.76. The van der Waals surface area contributed by atoms with Gasteiger partial charge in [0.1, 0.15) is 6.33 Å². The minimum atomic E-state index is 0.751. The summed E-state index contributed by atoms with van der Waals surface area (Å²) in [6.45, 7) is 5.79. The SMILES string of the molecule is C/C(N)=C(\C)c1c(N)sc2c(C)ncnc12. The van der Waals surface area contributed by atoms with Crippen LogP contribution in [-0.2, 0) is 0 Å². The van der Waals surface area contributed by atoms with Crippen LogP contribution in [0, 0.1) is 6.92 Å². The third-order valence-electron chi connectivity index (χ3n) is 2.64. The normalized spacial score (nSPS) is 12.9. The molecule has 0 spiro atoms. The molecule has 4 nitrogen and oxygen atoms in total. The van der Waals surface area contributed by atoms with E-state index in [4.69, 9.17) is 11.5 Å². The van der Waals surface area contributed by atoms with Crippen LogP contribution < -0.4 is 11.5 Å². The topological polar surface area (TPSA) is 77.8 Å². The maximum atomic E-state index is 6.02. The van der Waals surface area contributed by atoms with Crippen LogP contribution in [0.5, 0.6) is 0 Å². The lowest BCUT2D eigenvalue weighted by Gasteiger charge is -2.03. The van der Waals surface area contributed by atoms with Gasteiger partial charge in [0.05, 0.1) is 20.9 Å². The molecular weight excluding hydrogens is 220 g/mol. The Labute approximate surface area is 98.0 Å². The predicted molar refractivity (Wildman–Crippen MR) is 69.0 cm³/mol. The largest absolute Gasteiger partial charge is 0.402 e. The molecule has 0 aliphatic heterocycles. The highest BCUT2D eigenvalue weighted by molar-refractivity contribution is 7.23. The van der Waals surface area contributed by atoms with Gasteiger partial charge >= 0.3 is 0 Å². The summed E-state index contributed by atoms with van der Waals surface area (Å²) in [6.07, 6.45) is 1.56. The van der Waals surface area contributed by atoms with Crippen LogP contribution in [-0.4, -0.2) is 9.97 Å². The molecule has 5 heteroatoms. The molecule has 0 amide bonds. The number of aryl methyl sites for hydroxylation is 1. The molecule has 2 aromatic heterocycles. The second-order valence-corrected chi connectivity index (χ2v) is 4.84. The number of nitrogen functional groups attached to an aromatic ring is 1. The lowest BCUT2D eigenvalue weighted by molar-refractivity contribution is 1.16. The number of allylic oxidation sites excluding steroid dienone is 2. The van der Waals surface area contributed by atoms with Crippen molar-refractivity contribution >= 4 is 32.1 Å². The van der Waals surface area contributed by atoms with Gasteiger partial charge in [-0.25, -0.2) is 9.97 Å². The zero-order valence-corrected chi connectivity index (χ0v) is 10.4. The fraction of sp³-hybridized carbons (Fsp3) is 0.273. The van der Waals surface area contributed by atoms with Gasteiger partial charge in [-0.2, -0.15) is 0 Å². The van der Waals surface area contributed by atoms with Crippen LogP contribution in [0.2, 0.25) is 0 Å². The van der Waals surface area contributed by atoms with E-state index < -0.39 is 0 Å². The highest BCUT2D eigenvalue weighted by Gasteiger charge is 2.15. The van der Waals surface area contributed by atoms with E-state index in [0.717, 1.165) is 37.7 Å². The molecule has 0 aliphatic rings. The number of nitrogens with two attached hydrogens (primary N) is 2. The molecule has 0 fully saturated rings. The summed E-state index contributed by atoms with van der Waals surface area (Å²) < 4.78 is 1.04. The summed E-state index contributed by atoms with van der Waals surface area (Å²) >= 11 is 1.51. The van der Waals surface area contributed by atoms with Crippen LogP contribution in [0.25, 0.3) is 15.8 Å². The first-order valence-electron chi connectivity index (χ1n) is 4.95. The Morgan fingerprint density at radius 1 is 1.31 bits per heavy atom. The molecule has 16 heavy (non-hydrogen) atoms. The number of thiophene rings is 1. The molecular formula is C11H14N4S. The Morgan fingerprint density at radius 2 is 2.00 bits per heavy atom. The minimum absolute atomic E-state index is 0.751. The van der Waals surface area contributed by atoms with Crippen LogP contribution in [0.4, 0.5) is 5.00 Å². The van der Waals surface area contributed by atoms with Crippen molar-refractivity contribution < 1.29 is 0 Å². The zero-order chi connectivity index (χ0) is 11.9. The summed E-state index contributed by atoms with van der Waals surface area (Å²) in [7, 11) is 0. The number of hydrogen-bond donors (Lipinski definition) is 2. The van der Waals surface area contributed by atoms with E-state index in [2.05, 4.69) is 9.97 Å². The van der Waals surface area contributed by atoms with E-state index in [9.17, 15) is 0 Å². The average Bonchev–Trinajstić information content (AvgIpc) is 2.55. The van der Waals surface area contributed by atoms with Crippen molar-refractivity contribution in [1.82, 2.24) is 9.97 Å². The van der Waals surface area contributed by atoms with E-state index in [-0.39, 0.29) is 0 Å².